The Bertz CT molecular complexity index is 588. The van der Waals surface area contributed by atoms with Crippen LogP contribution in [0.15, 0.2) is 47.1 Å². The average molecular weight is 331 g/mol. The van der Waals surface area contributed by atoms with Gasteiger partial charge in [-0.25, -0.2) is 0 Å². The predicted molar refractivity (Wildman–Crippen MR) is 85.7 cm³/mol. The highest BCUT2D eigenvalue weighted by atomic mass is 79.9. The minimum absolute atomic E-state index is 0.619. The lowest BCUT2D eigenvalue weighted by atomic mass is 9.76. The number of aryl methyl sites for hydroxylation is 1. The van der Waals surface area contributed by atoms with E-state index in [0.29, 0.717) is 12.0 Å². The van der Waals surface area contributed by atoms with Crippen LogP contribution in [0, 0.1) is 6.92 Å². The van der Waals surface area contributed by atoms with E-state index in [9.17, 15) is 0 Å². The van der Waals surface area contributed by atoms with E-state index >= 15 is 0 Å². The van der Waals surface area contributed by atoms with Crippen molar-refractivity contribution in [2.75, 3.05) is 0 Å². The summed E-state index contributed by atoms with van der Waals surface area (Å²) in [6, 6.07) is 13.3. The van der Waals surface area contributed by atoms with Crippen molar-refractivity contribution in [2.45, 2.75) is 38.3 Å². The van der Waals surface area contributed by atoms with Crippen LogP contribution in [0.5, 0.6) is 0 Å². The molecule has 3 rings (SSSR count). The lowest BCUT2D eigenvalue weighted by Crippen LogP contribution is -2.40. The molecule has 0 amide bonds. The Morgan fingerprint density at radius 1 is 1.20 bits per heavy atom. The Labute approximate surface area is 128 Å². The van der Waals surface area contributed by atoms with Crippen molar-refractivity contribution < 1.29 is 0 Å². The monoisotopic (exact) mass is 330 g/mol. The summed E-state index contributed by atoms with van der Waals surface area (Å²) in [4.78, 5) is 4.43. The summed E-state index contributed by atoms with van der Waals surface area (Å²) in [6.07, 6.45) is 4.30. The van der Waals surface area contributed by atoms with Crippen molar-refractivity contribution in [3.05, 3.63) is 63.9 Å². The molecule has 0 radical (unpaired) electrons. The average Bonchev–Trinajstić information content (AvgIpc) is 2.41. The summed E-state index contributed by atoms with van der Waals surface area (Å²) in [6.45, 7) is 2.99. The number of aromatic nitrogens is 1. The molecule has 0 saturated heterocycles. The van der Waals surface area contributed by atoms with Crippen LogP contribution in [0.3, 0.4) is 0 Å². The molecule has 104 valence electrons. The van der Waals surface area contributed by atoms with E-state index in [4.69, 9.17) is 0 Å². The zero-order valence-corrected chi connectivity index (χ0v) is 13.2. The number of rotatable bonds is 4. The van der Waals surface area contributed by atoms with Crippen LogP contribution in [-0.2, 0) is 6.54 Å². The van der Waals surface area contributed by atoms with Gasteiger partial charge < -0.3 is 5.32 Å². The SMILES string of the molecule is Cc1cccnc1CNC1CC(c2ccccc2Br)C1. The minimum atomic E-state index is 0.619. The van der Waals surface area contributed by atoms with Crippen LogP contribution in [0.1, 0.15) is 35.6 Å². The summed E-state index contributed by atoms with van der Waals surface area (Å²) in [5, 5.41) is 3.62. The van der Waals surface area contributed by atoms with E-state index < -0.39 is 0 Å². The van der Waals surface area contributed by atoms with Gasteiger partial charge in [-0.05, 0) is 48.9 Å². The third kappa shape index (κ3) is 2.94. The van der Waals surface area contributed by atoms with Crippen molar-refractivity contribution in [3.8, 4) is 0 Å². The molecule has 0 aliphatic heterocycles. The Morgan fingerprint density at radius 3 is 2.75 bits per heavy atom. The highest BCUT2D eigenvalue weighted by Gasteiger charge is 2.30. The summed E-state index contributed by atoms with van der Waals surface area (Å²) < 4.78 is 1.24. The Morgan fingerprint density at radius 2 is 2.00 bits per heavy atom. The molecule has 0 spiro atoms. The molecule has 2 aromatic rings. The van der Waals surface area contributed by atoms with Crippen molar-refractivity contribution >= 4 is 15.9 Å². The first-order chi connectivity index (χ1) is 9.74. The van der Waals surface area contributed by atoms with Gasteiger partial charge in [0.05, 0.1) is 5.69 Å². The van der Waals surface area contributed by atoms with Gasteiger partial charge in [0.25, 0.3) is 0 Å². The normalized spacial score (nSPS) is 21.5. The first kappa shape index (κ1) is 13.8. The lowest BCUT2D eigenvalue weighted by molar-refractivity contribution is 0.288. The zero-order valence-electron chi connectivity index (χ0n) is 11.6. The van der Waals surface area contributed by atoms with Crippen LogP contribution < -0.4 is 5.32 Å². The molecular weight excluding hydrogens is 312 g/mol. The molecule has 1 fully saturated rings. The van der Waals surface area contributed by atoms with Gasteiger partial charge in [-0.15, -0.1) is 0 Å². The molecule has 2 nitrogen and oxygen atoms in total. The van der Waals surface area contributed by atoms with E-state index in [-0.39, 0.29) is 0 Å². The molecule has 0 bridgehead atoms. The van der Waals surface area contributed by atoms with Crippen LogP contribution in [0.4, 0.5) is 0 Å². The van der Waals surface area contributed by atoms with Gasteiger partial charge in [-0.2, -0.15) is 0 Å². The largest absolute Gasteiger partial charge is 0.308 e. The van der Waals surface area contributed by atoms with Gasteiger partial charge in [-0.1, -0.05) is 40.2 Å². The molecule has 20 heavy (non-hydrogen) atoms. The van der Waals surface area contributed by atoms with Crippen LogP contribution in [0.25, 0.3) is 0 Å². The molecule has 1 saturated carbocycles. The number of nitrogens with one attached hydrogen (secondary N) is 1. The zero-order chi connectivity index (χ0) is 13.9. The Kier molecular flexibility index (Phi) is 4.18. The minimum Gasteiger partial charge on any atom is -0.308 e. The van der Waals surface area contributed by atoms with Gasteiger partial charge in [0.1, 0.15) is 0 Å². The summed E-state index contributed by atoms with van der Waals surface area (Å²) >= 11 is 3.65. The number of hydrogen-bond donors (Lipinski definition) is 1. The van der Waals surface area contributed by atoms with Crippen molar-refractivity contribution in [1.82, 2.24) is 10.3 Å². The Hall–Kier alpha value is -1.19. The molecule has 1 aliphatic carbocycles. The quantitative estimate of drug-likeness (QED) is 0.909. The molecule has 1 aromatic heterocycles. The number of nitrogens with zero attached hydrogens (tertiary/aromatic N) is 1. The number of hydrogen-bond acceptors (Lipinski definition) is 2. The van der Waals surface area contributed by atoms with E-state index in [2.05, 4.69) is 63.5 Å². The fourth-order valence-corrected chi connectivity index (χ4v) is 3.40. The van der Waals surface area contributed by atoms with Crippen LogP contribution >= 0.6 is 15.9 Å². The van der Waals surface area contributed by atoms with Gasteiger partial charge in [-0.3, -0.25) is 4.98 Å². The van der Waals surface area contributed by atoms with E-state index in [0.717, 1.165) is 12.2 Å². The third-order valence-electron chi connectivity index (χ3n) is 4.16. The van der Waals surface area contributed by atoms with Gasteiger partial charge in [0.15, 0.2) is 0 Å². The maximum atomic E-state index is 4.43. The first-order valence-corrected chi connectivity index (χ1v) is 7.91. The van der Waals surface area contributed by atoms with Crippen molar-refractivity contribution in [2.24, 2.45) is 0 Å². The van der Waals surface area contributed by atoms with Crippen LogP contribution in [0.2, 0.25) is 0 Å². The van der Waals surface area contributed by atoms with Crippen molar-refractivity contribution in [3.63, 3.8) is 0 Å². The molecule has 1 heterocycles. The van der Waals surface area contributed by atoms with E-state index in [1.807, 2.05) is 12.3 Å². The second kappa shape index (κ2) is 6.06. The van der Waals surface area contributed by atoms with E-state index in [1.165, 1.54) is 28.4 Å². The summed E-state index contributed by atoms with van der Waals surface area (Å²) in [7, 11) is 0. The molecule has 3 heteroatoms. The summed E-state index contributed by atoms with van der Waals surface area (Å²) in [5.41, 5.74) is 3.87. The first-order valence-electron chi connectivity index (χ1n) is 7.12. The highest BCUT2D eigenvalue weighted by molar-refractivity contribution is 9.10. The second-order valence-electron chi connectivity index (χ2n) is 5.53. The topological polar surface area (TPSA) is 24.9 Å². The second-order valence-corrected chi connectivity index (χ2v) is 6.39. The predicted octanol–water partition coefficient (Wildman–Crippen LogP) is 4.19. The van der Waals surface area contributed by atoms with Gasteiger partial charge >= 0.3 is 0 Å². The maximum absolute atomic E-state index is 4.43. The summed E-state index contributed by atoms with van der Waals surface area (Å²) in [5.74, 6) is 0.688. The van der Waals surface area contributed by atoms with E-state index in [1.54, 1.807) is 0 Å². The Balaban J connectivity index is 1.52. The molecule has 1 aliphatic rings. The van der Waals surface area contributed by atoms with Gasteiger partial charge in [0, 0.05) is 23.3 Å². The van der Waals surface area contributed by atoms with Crippen LogP contribution in [-0.4, -0.2) is 11.0 Å². The molecule has 0 unspecified atom stereocenters. The standard InChI is InChI=1S/C17H19BrN2/c1-12-5-4-8-19-17(12)11-20-14-9-13(10-14)15-6-2-3-7-16(15)18/h2-8,13-14,20H,9-11H2,1H3. The molecular formula is C17H19BrN2. The molecule has 1 N–H and O–H groups in total. The maximum Gasteiger partial charge on any atom is 0.0570 e. The molecule has 0 atom stereocenters. The molecule has 1 aromatic carbocycles. The van der Waals surface area contributed by atoms with Gasteiger partial charge in [0.2, 0.25) is 0 Å². The fraction of sp³-hybridized carbons (Fsp3) is 0.353. The highest BCUT2D eigenvalue weighted by Crippen LogP contribution is 2.40. The fourth-order valence-electron chi connectivity index (χ4n) is 2.79. The lowest BCUT2D eigenvalue weighted by Gasteiger charge is -2.37. The number of benzene rings is 1. The van der Waals surface area contributed by atoms with Crippen molar-refractivity contribution in [1.29, 1.82) is 0 Å². The smallest absolute Gasteiger partial charge is 0.0570 e. The number of pyridine rings is 1. The third-order valence-corrected chi connectivity index (χ3v) is 4.88. The number of halogens is 1.